The first-order valence-corrected chi connectivity index (χ1v) is 10.5. The van der Waals surface area contributed by atoms with Gasteiger partial charge in [-0.15, -0.1) is 11.8 Å². The molecule has 0 spiro atoms. The highest BCUT2D eigenvalue weighted by Crippen LogP contribution is 2.48. The Morgan fingerprint density at radius 3 is 2.29 bits per heavy atom. The van der Waals surface area contributed by atoms with Crippen LogP contribution in [0.25, 0.3) is 5.57 Å². The average Bonchev–Trinajstić information content (AvgIpc) is 2.77. The van der Waals surface area contributed by atoms with Crippen molar-refractivity contribution in [3.05, 3.63) is 81.6 Å². The Hall–Kier alpha value is -3.87. The molecule has 1 heterocycles. The van der Waals surface area contributed by atoms with Crippen LogP contribution < -0.4 is 0 Å². The quantitative estimate of drug-likeness (QED) is 0.301. The fourth-order valence-corrected chi connectivity index (χ4v) is 4.57. The lowest BCUT2D eigenvalue weighted by Crippen LogP contribution is -2.32. The smallest absolute Gasteiger partial charge is 0.339 e. The number of carbonyl (C=O) groups is 3. The maximum Gasteiger partial charge on any atom is 0.339 e. The number of carboxylic acid groups (broad SMARTS) is 2. The highest BCUT2D eigenvalue weighted by molar-refractivity contribution is 8.00. The number of ether oxygens (including phenoxy) is 1. The van der Waals surface area contributed by atoms with Crippen LogP contribution in [0.3, 0.4) is 0 Å². The molecule has 4 rings (SSSR count). The Morgan fingerprint density at radius 1 is 0.971 bits per heavy atom. The third kappa shape index (κ3) is 4.01. The van der Waals surface area contributed by atoms with E-state index in [4.69, 9.17) is 9.84 Å². The maximum absolute atomic E-state index is 15.7. The molecule has 0 amide bonds. The molecule has 1 aliphatic heterocycles. The number of fused-ring (bicyclic) bond motifs is 2. The predicted octanol–water partition coefficient (Wildman–Crippen LogP) is 4.38. The largest absolute Gasteiger partial charge is 0.505 e. The summed E-state index contributed by atoms with van der Waals surface area (Å²) < 4.78 is 79.2. The van der Waals surface area contributed by atoms with E-state index in [1.165, 1.54) is 0 Å². The Bertz CT molecular complexity index is 1370. The van der Waals surface area contributed by atoms with Crippen molar-refractivity contribution >= 4 is 35.1 Å². The molecule has 0 fully saturated rings. The van der Waals surface area contributed by atoms with E-state index in [1.54, 1.807) is 0 Å². The second-order valence-electron chi connectivity index (χ2n) is 7.38. The number of aromatic carboxylic acids is 1. The SMILES string of the molecule is O=C(O)CSc1c(F)c(F)c(C(=O)O)c(C2=C3C=C(F)C(=O)C=C3OC3C=C(O)C(F)=CC23)c1F. The van der Waals surface area contributed by atoms with Gasteiger partial charge in [-0.2, -0.15) is 0 Å². The number of hydrogen-bond acceptors (Lipinski definition) is 6. The Labute approximate surface area is 196 Å². The Balaban J connectivity index is 2.12. The average molecular weight is 514 g/mol. The van der Waals surface area contributed by atoms with Crippen molar-refractivity contribution in [2.24, 2.45) is 5.92 Å². The summed E-state index contributed by atoms with van der Waals surface area (Å²) in [4.78, 5) is 33.4. The lowest BCUT2D eigenvalue weighted by Gasteiger charge is -2.37. The van der Waals surface area contributed by atoms with Gasteiger partial charge in [-0.3, -0.25) is 9.59 Å². The summed E-state index contributed by atoms with van der Waals surface area (Å²) in [6, 6.07) is 0. The molecule has 0 aromatic heterocycles. The third-order valence-electron chi connectivity index (χ3n) is 5.27. The van der Waals surface area contributed by atoms with Crippen molar-refractivity contribution in [3.8, 4) is 0 Å². The zero-order valence-corrected chi connectivity index (χ0v) is 17.8. The van der Waals surface area contributed by atoms with Crippen LogP contribution in [-0.2, 0) is 14.3 Å². The molecule has 35 heavy (non-hydrogen) atoms. The zero-order chi connectivity index (χ0) is 25.8. The molecule has 3 aliphatic rings. The van der Waals surface area contributed by atoms with Crippen LogP contribution in [0.2, 0.25) is 0 Å². The van der Waals surface area contributed by atoms with E-state index in [-0.39, 0.29) is 11.8 Å². The number of allylic oxidation sites excluding steroid dienone is 4. The van der Waals surface area contributed by atoms with Crippen LogP contribution in [0.1, 0.15) is 15.9 Å². The van der Waals surface area contributed by atoms with Crippen LogP contribution >= 0.6 is 11.8 Å². The van der Waals surface area contributed by atoms with Gasteiger partial charge in [-0.25, -0.2) is 26.7 Å². The van der Waals surface area contributed by atoms with Crippen LogP contribution in [-0.4, -0.2) is 44.9 Å². The number of carbonyl (C=O) groups excluding carboxylic acids is 1. The standard InChI is InChI=1S/C22H11F5O7S/c23-8-1-6-12(3-10(8)28)34-13-4-11(29)9(24)2-7(13)15(6)16-17(22(32)33)18(25)20(27)21(19(16)26)35-5-14(30)31/h1-4,6,12,28H,5H2,(H,30,31)(H,32,33). The van der Waals surface area contributed by atoms with Crippen molar-refractivity contribution in [3.63, 3.8) is 0 Å². The Kier molecular flexibility index (Phi) is 6.05. The van der Waals surface area contributed by atoms with Gasteiger partial charge < -0.3 is 20.1 Å². The minimum absolute atomic E-state index is 0.0192. The third-order valence-corrected chi connectivity index (χ3v) is 6.31. The lowest BCUT2D eigenvalue weighted by molar-refractivity contribution is -0.133. The van der Waals surface area contributed by atoms with E-state index in [9.17, 15) is 42.2 Å². The first kappa shape index (κ1) is 24.3. The molecule has 1 aromatic carbocycles. The number of aliphatic hydroxyl groups is 1. The summed E-state index contributed by atoms with van der Waals surface area (Å²) in [5, 5.41) is 28.2. The summed E-state index contributed by atoms with van der Waals surface area (Å²) in [5.74, 6) is -16.9. The number of hydrogen-bond donors (Lipinski definition) is 3. The van der Waals surface area contributed by atoms with Crippen molar-refractivity contribution in [1.29, 1.82) is 0 Å². The number of thioether (sulfide) groups is 1. The fourth-order valence-electron chi connectivity index (χ4n) is 3.86. The molecule has 1 aromatic rings. The van der Waals surface area contributed by atoms with E-state index in [1.807, 2.05) is 0 Å². The van der Waals surface area contributed by atoms with E-state index in [0.717, 1.165) is 6.08 Å². The van der Waals surface area contributed by atoms with Gasteiger partial charge >= 0.3 is 11.9 Å². The van der Waals surface area contributed by atoms with Gasteiger partial charge in [0.15, 0.2) is 29.0 Å². The minimum Gasteiger partial charge on any atom is -0.505 e. The fraction of sp³-hybridized carbons (Fsp3) is 0.136. The number of rotatable bonds is 5. The summed E-state index contributed by atoms with van der Waals surface area (Å²) in [5.41, 5.74) is -3.69. The molecule has 13 heteroatoms. The molecule has 0 radical (unpaired) electrons. The number of ketones is 1. The second kappa shape index (κ2) is 8.73. The number of aliphatic carboxylic acids is 1. The van der Waals surface area contributed by atoms with Crippen molar-refractivity contribution in [2.45, 2.75) is 11.0 Å². The van der Waals surface area contributed by atoms with E-state index < -0.39 is 103 Å². The molecule has 3 N–H and O–H groups in total. The predicted molar refractivity (Wildman–Crippen MR) is 109 cm³/mol. The van der Waals surface area contributed by atoms with Crippen LogP contribution in [0, 0.1) is 23.4 Å². The summed E-state index contributed by atoms with van der Waals surface area (Å²) in [7, 11) is 0. The van der Waals surface area contributed by atoms with E-state index in [2.05, 4.69) is 0 Å². The summed E-state index contributed by atoms with van der Waals surface area (Å²) in [6.45, 7) is 0. The van der Waals surface area contributed by atoms with E-state index >= 15 is 4.39 Å². The first-order chi connectivity index (χ1) is 16.4. The zero-order valence-electron chi connectivity index (χ0n) is 16.9. The first-order valence-electron chi connectivity index (χ1n) is 9.54. The van der Waals surface area contributed by atoms with Gasteiger partial charge in [-0.05, 0) is 17.7 Å². The van der Waals surface area contributed by atoms with Gasteiger partial charge in [-0.1, -0.05) is 0 Å². The van der Waals surface area contributed by atoms with Crippen LogP contribution in [0.4, 0.5) is 22.0 Å². The molecule has 2 atom stereocenters. The molecule has 0 saturated heterocycles. The molecule has 182 valence electrons. The maximum atomic E-state index is 15.7. The second-order valence-corrected chi connectivity index (χ2v) is 8.36. The highest BCUT2D eigenvalue weighted by atomic mass is 32.2. The molecule has 0 bridgehead atoms. The highest BCUT2D eigenvalue weighted by Gasteiger charge is 2.43. The minimum atomic E-state index is -2.14. The molecule has 2 aliphatic carbocycles. The number of halogens is 5. The van der Waals surface area contributed by atoms with Gasteiger partial charge in [0.1, 0.15) is 23.2 Å². The van der Waals surface area contributed by atoms with Crippen molar-refractivity contribution in [2.75, 3.05) is 5.75 Å². The normalized spacial score (nSPS) is 21.2. The van der Waals surface area contributed by atoms with Gasteiger partial charge in [0.2, 0.25) is 5.78 Å². The van der Waals surface area contributed by atoms with Crippen molar-refractivity contribution in [1.82, 2.24) is 0 Å². The summed E-state index contributed by atoms with van der Waals surface area (Å²) in [6.07, 6.45) is 1.29. The molecule has 2 unspecified atom stereocenters. The Morgan fingerprint density at radius 2 is 1.66 bits per heavy atom. The van der Waals surface area contributed by atoms with Gasteiger partial charge in [0.25, 0.3) is 0 Å². The molecular formula is C22H11F5O7S. The van der Waals surface area contributed by atoms with Gasteiger partial charge in [0, 0.05) is 29.2 Å². The molecule has 0 saturated carbocycles. The molecular weight excluding hydrogens is 503 g/mol. The monoisotopic (exact) mass is 514 g/mol. The summed E-state index contributed by atoms with van der Waals surface area (Å²) >= 11 is 0.0192. The topological polar surface area (TPSA) is 121 Å². The molecule has 7 nitrogen and oxygen atoms in total. The number of aliphatic hydroxyl groups excluding tert-OH is 1. The van der Waals surface area contributed by atoms with Gasteiger partial charge in [0.05, 0.1) is 10.6 Å². The van der Waals surface area contributed by atoms with Crippen LogP contribution in [0.15, 0.2) is 57.9 Å². The number of carboxylic acids is 2. The lowest BCUT2D eigenvalue weighted by atomic mass is 9.77. The number of benzene rings is 1. The van der Waals surface area contributed by atoms with Crippen LogP contribution in [0.5, 0.6) is 0 Å². The van der Waals surface area contributed by atoms with E-state index in [0.29, 0.717) is 18.2 Å². The van der Waals surface area contributed by atoms with Crippen molar-refractivity contribution < 1.29 is 56.4 Å².